The maximum absolute atomic E-state index is 13.1. The van der Waals surface area contributed by atoms with Gasteiger partial charge in [0.1, 0.15) is 19.0 Å². The van der Waals surface area contributed by atoms with Crippen molar-refractivity contribution in [3.05, 3.63) is 52.3 Å². The molecule has 0 saturated carbocycles. The topological polar surface area (TPSA) is 90.9 Å². The first-order chi connectivity index (χ1) is 13.3. The van der Waals surface area contributed by atoms with Crippen LogP contribution in [0.4, 0.5) is 4.39 Å². The van der Waals surface area contributed by atoms with Gasteiger partial charge in [-0.05, 0) is 24.3 Å². The van der Waals surface area contributed by atoms with Crippen LogP contribution >= 0.6 is 15.9 Å². The molecule has 1 aliphatic rings. The fourth-order valence-corrected chi connectivity index (χ4v) is 3.85. The Morgan fingerprint density at radius 2 is 1.89 bits per heavy atom. The lowest BCUT2D eigenvalue weighted by Crippen LogP contribution is -2.30. The Kier molecular flexibility index (Phi) is 6.53. The van der Waals surface area contributed by atoms with E-state index in [1.807, 2.05) is 0 Å². The van der Waals surface area contributed by atoms with Crippen molar-refractivity contribution in [1.82, 2.24) is 4.72 Å². The molecule has 0 amide bonds. The van der Waals surface area contributed by atoms with Crippen LogP contribution in [0.25, 0.3) is 0 Å². The molecule has 1 aliphatic heterocycles. The molecule has 0 radical (unpaired) electrons. The van der Waals surface area contributed by atoms with Gasteiger partial charge in [0, 0.05) is 22.5 Å². The summed E-state index contributed by atoms with van der Waals surface area (Å²) in [4.78, 5) is 11.8. The molecule has 0 saturated heterocycles. The van der Waals surface area contributed by atoms with Crippen molar-refractivity contribution >= 4 is 31.9 Å². The summed E-state index contributed by atoms with van der Waals surface area (Å²) in [6, 6.07) is 8.19. The van der Waals surface area contributed by atoms with Crippen LogP contribution in [0, 0.1) is 5.82 Å². The van der Waals surface area contributed by atoms with Gasteiger partial charge in [0.25, 0.3) is 0 Å². The molecule has 0 atom stereocenters. The molecule has 1 N–H and O–H groups in total. The van der Waals surface area contributed by atoms with Gasteiger partial charge in [-0.2, -0.15) is 4.72 Å². The molecule has 3 rings (SSSR count). The second kappa shape index (κ2) is 8.89. The first kappa shape index (κ1) is 20.6. The Morgan fingerprint density at radius 3 is 2.64 bits per heavy atom. The molecule has 0 aliphatic carbocycles. The van der Waals surface area contributed by atoms with Gasteiger partial charge in [0.2, 0.25) is 10.0 Å². The van der Waals surface area contributed by atoms with Gasteiger partial charge in [0.05, 0.1) is 18.1 Å². The van der Waals surface area contributed by atoms with Crippen LogP contribution in [0.5, 0.6) is 11.5 Å². The molecular weight excluding hydrogens is 457 g/mol. The van der Waals surface area contributed by atoms with Crippen LogP contribution in [0.1, 0.15) is 12.0 Å². The van der Waals surface area contributed by atoms with Gasteiger partial charge < -0.3 is 14.2 Å². The Morgan fingerprint density at radius 1 is 1.14 bits per heavy atom. The predicted octanol–water partition coefficient (Wildman–Crippen LogP) is 2.77. The zero-order valence-electron chi connectivity index (χ0n) is 14.6. The van der Waals surface area contributed by atoms with Crippen molar-refractivity contribution < 1.29 is 31.8 Å². The first-order valence-electron chi connectivity index (χ1n) is 8.34. The highest BCUT2D eigenvalue weighted by atomic mass is 79.9. The van der Waals surface area contributed by atoms with Crippen LogP contribution in [-0.4, -0.2) is 34.1 Å². The van der Waals surface area contributed by atoms with Crippen LogP contribution in [-0.2, 0) is 26.2 Å². The molecule has 0 aromatic heterocycles. The Labute approximate surface area is 170 Å². The normalized spacial score (nSPS) is 13.6. The zero-order valence-corrected chi connectivity index (χ0v) is 17.0. The third kappa shape index (κ3) is 5.21. The van der Waals surface area contributed by atoms with E-state index in [2.05, 4.69) is 20.7 Å². The van der Waals surface area contributed by atoms with Gasteiger partial charge >= 0.3 is 5.97 Å². The van der Waals surface area contributed by atoms with Crippen molar-refractivity contribution in [1.29, 1.82) is 0 Å². The number of halogens is 2. The van der Waals surface area contributed by atoms with Crippen molar-refractivity contribution in [2.75, 3.05) is 19.8 Å². The molecule has 1 heterocycles. The predicted molar refractivity (Wildman–Crippen MR) is 101 cm³/mol. The number of sulfonamides is 1. The van der Waals surface area contributed by atoms with Crippen molar-refractivity contribution in [3.8, 4) is 11.5 Å². The summed E-state index contributed by atoms with van der Waals surface area (Å²) in [6.45, 7) is 0.254. The van der Waals surface area contributed by atoms with Gasteiger partial charge in [-0.15, -0.1) is 0 Å². The first-order valence-corrected chi connectivity index (χ1v) is 10.6. The molecule has 10 heteroatoms. The van der Waals surface area contributed by atoms with Gasteiger partial charge in [0.15, 0.2) is 11.5 Å². The highest BCUT2D eigenvalue weighted by molar-refractivity contribution is 9.10. The number of rotatable bonds is 6. The molecule has 0 spiro atoms. The van der Waals surface area contributed by atoms with E-state index >= 15 is 0 Å². The van der Waals surface area contributed by atoms with E-state index in [0.29, 0.717) is 41.2 Å². The zero-order chi connectivity index (χ0) is 20.1. The summed E-state index contributed by atoms with van der Waals surface area (Å²) in [5.74, 6) is -0.385. The lowest BCUT2D eigenvalue weighted by atomic mass is 10.2. The van der Waals surface area contributed by atoms with E-state index in [9.17, 15) is 17.6 Å². The number of carbonyl (C=O) groups is 1. The molecule has 2 aromatic carbocycles. The number of ether oxygens (including phenoxy) is 3. The van der Waals surface area contributed by atoms with Crippen molar-refractivity contribution in [2.45, 2.75) is 17.9 Å². The molecule has 0 bridgehead atoms. The SMILES string of the molecule is O=C(CNS(=O)(=O)c1ccc2c(c1)OCCCO2)OCc1ccc(F)cc1Br. The molecule has 0 unspecified atom stereocenters. The van der Waals surface area contributed by atoms with Crippen LogP contribution < -0.4 is 14.2 Å². The number of esters is 1. The third-order valence-corrected chi connectivity index (χ3v) is 5.98. The summed E-state index contributed by atoms with van der Waals surface area (Å²) >= 11 is 3.17. The van der Waals surface area contributed by atoms with Crippen LogP contribution in [0.15, 0.2) is 45.8 Å². The number of hydrogen-bond donors (Lipinski definition) is 1. The highest BCUT2D eigenvalue weighted by Gasteiger charge is 2.20. The van der Waals surface area contributed by atoms with E-state index in [4.69, 9.17) is 14.2 Å². The number of carbonyl (C=O) groups excluding carboxylic acids is 1. The minimum Gasteiger partial charge on any atom is -0.490 e. The smallest absolute Gasteiger partial charge is 0.321 e. The van der Waals surface area contributed by atoms with Crippen LogP contribution in [0.3, 0.4) is 0 Å². The van der Waals surface area contributed by atoms with E-state index in [0.717, 1.165) is 0 Å². The fourth-order valence-electron chi connectivity index (χ4n) is 2.40. The molecule has 150 valence electrons. The van der Waals surface area contributed by atoms with E-state index in [1.54, 1.807) is 0 Å². The number of fused-ring (bicyclic) bond motifs is 1. The number of nitrogens with one attached hydrogen (secondary N) is 1. The lowest BCUT2D eigenvalue weighted by Gasteiger charge is -2.11. The minimum atomic E-state index is -3.94. The van der Waals surface area contributed by atoms with Gasteiger partial charge in [-0.3, -0.25) is 4.79 Å². The molecule has 0 fully saturated rings. The van der Waals surface area contributed by atoms with Crippen LogP contribution in [0.2, 0.25) is 0 Å². The Balaban J connectivity index is 1.58. The maximum Gasteiger partial charge on any atom is 0.321 e. The molecular formula is C18H17BrFNO6S. The number of benzene rings is 2. The monoisotopic (exact) mass is 473 g/mol. The van der Waals surface area contributed by atoms with E-state index < -0.39 is 28.4 Å². The molecule has 7 nitrogen and oxygen atoms in total. The van der Waals surface area contributed by atoms with Crippen molar-refractivity contribution in [3.63, 3.8) is 0 Å². The summed E-state index contributed by atoms with van der Waals surface area (Å²) < 4.78 is 56.5. The average molecular weight is 474 g/mol. The lowest BCUT2D eigenvalue weighted by molar-refractivity contribution is -0.143. The van der Waals surface area contributed by atoms with E-state index in [1.165, 1.54) is 36.4 Å². The summed E-state index contributed by atoms with van der Waals surface area (Å²) in [7, 11) is -3.94. The van der Waals surface area contributed by atoms with Gasteiger partial charge in [-0.1, -0.05) is 22.0 Å². The summed E-state index contributed by atoms with van der Waals surface area (Å²) in [6.07, 6.45) is 0.699. The third-order valence-electron chi connectivity index (χ3n) is 3.84. The standard InChI is InChI=1S/C18H17BrFNO6S/c19-15-8-13(20)3-2-12(15)11-27-18(22)10-21-28(23,24)14-4-5-16-17(9-14)26-7-1-6-25-16/h2-5,8-9,21H,1,6-7,10-11H2. The minimum absolute atomic E-state index is 0.0502. The highest BCUT2D eigenvalue weighted by Crippen LogP contribution is 2.31. The Bertz CT molecular complexity index is 982. The Hall–Kier alpha value is -2.17. The average Bonchev–Trinajstić information content (AvgIpc) is 2.90. The number of hydrogen-bond acceptors (Lipinski definition) is 6. The fraction of sp³-hybridized carbons (Fsp3) is 0.278. The molecule has 28 heavy (non-hydrogen) atoms. The van der Waals surface area contributed by atoms with Crippen molar-refractivity contribution in [2.24, 2.45) is 0 Å². The second-order valence-electron chi connectivity index (χ2n) is 5.88. The summed E-state index contributed by atoms with van der Waals surface area (Å²) in [5, 5.41) is 0. The molecule has 2 aromatic rings. The quantitative estimate of drug-likeness (QED) is 0.648. The summed E-state index contributed by atoms with van der Waals surface area (Å²) in [5.41, 5.74) is 0.556. The largest absolute Gasteiger partial charge is 0.490 e. The van der Waals surface area contributed by atoms with E-state index in [-0.39, 0.29) is 11.5 Å². The second-order valence-corrected chi connectivity index (χ2v) is 8.50. The van der Waals surface area contributed by atoms with Gasteiger partial charge in [-0.25, -0.2) is 12.8 Å². The maximum atomic E-state index is 13.1.